The molecule has 10 aromatic carbocycles. The Morgan fingerprint density at radius 1 is 0.250 bits per heavy atom. The van der Waals surface area contributed by atoms with Crippen molar-refractivity contribution in [1.82, 2.24) is 0 Å². The molecule has 0 aliphatic carbocycles. The fourth-order valence-corrected chi connectivity index (χ4v) is 8.77. The molecule has 0 aliphatic rings. The van der Waals surface area contributed by atoms with E-state index in [0.717, 1.165) is 44.6 Å². The molecule has 0 N–H and O–H groups in total. The van der Waals surface area contributed by atoms with Crippen molar-refractivity contribution in [2.75, 3.05) is 4.90 Å². The van der Waals surface area contributed by atoms with Gasteiger partial charge in [0.25, 0.3) is 0 Å². The minimum absolute atomic E-state index is 0.880. The number of hydrogen-bond donors (Lipinski definition) is 0. The van der Waals surface area contributed by atoms with Gasteiger partial charge < -0.3 is 9.32 Å². The van der Waals surface area contributed by atoms with Crippen LogP contribution in [0.4, 0.5) is 17.1 Å². The molecule has 0 saturated carbocycles. The third-order valence-electron chi connectivity index (χ3n) is 11.7. The van der Waals surface area contributed by atoms with E-state index in [-0.39, 0.29) is 0 Å². The van der Waals surface area contributed by atoms with Crippen LogP contribution in [0.3, 0.4) is 0 Å². The van der Waals surface area contributed by atoms with E-state index in [1.54, 1.807) is 0 Å². The van der Waals surface area contributed by atoms with Gasteiger partial charge in [0.15, 0.2) is 0 Å². The molecule has 0 bridgehead atoms. The van der Waals surface area contributed by atoms with Crippen LogP contribution in [0.1, 0.15) is 0 Å². The van der Waals surface area contributed by atoms with Crippen molar-refractivity contribution in [3.63, 3.8) is 0 Å². The van der Waals surface area contributed by atoms with E-state index in [4.69, 9.17) is 4.42 Å². The monoisotopic (exact) mass is 765 g/mol. The fourth-order valence-electron chi connectivity index (χ4n) is 8.77. The zero-order chi connectivity index (χ0) is 39.8. The molecule has 0 fully saturated rings. The minimum Gasteiger partial charge on any atom is -0.456 e. The second kappa shape index (κ2) is 15.1. The van der Waals surface area contributed by atoms with Gasteiger partial charge in [0.05, 0.1) is 0 Å². The summed E-state index contributed by atoms with van der Waals surface area (Å²) in [7, 11) is 0. The summed E-state index contributed by atoms with van der Waals surface area (Å²) in [5, 5.41) is 4.69. The molecule has 0 aliphatic heterocycles. The maximum atomic E-state index is 6.25. The van der Waals surface area contributed by atoms with Crippen LogP contribution in [0, 0.1) is 0 Å². The number of benzene rings is 10. The summed E-state index contributed by atoms with van der Waals surface area (Å²) in [4.78, 5) is 2.34. The average Bonchev–Trinajstić information content (AvgIpc) is 3.70. The Bertz CT molecular complexity index is 3310. The Balaban J connectivity index is 1.000. The quantitative estimate of drug-likeness (QED) is 0.153. The first kappa shape index (κ1) is 35.2. The molecule has 1 aromatic heterocycles. The van der Waals surface area contributed by atoms with Crippen molar-refractivity contribution in [3.8, 4) is 55.6 Å². The summed E-state index contributed by atoms with van der Waals surface area (Å²) >= 11 is 0. The lowest BCUT2D eigenvalue weighted by molar-refractivity contribution is 0.669. The highest BCUT2D eigenvalue weighted by Gasteiger charge is 2.18. The van der Waals surface area contributed by atoms with Crippen molar-refractivity contribution in [2.45, 2.75) is 0 Å². The summed E-state index contributed by atoms with van der Waals surface area (Å²) in [5.41, 5.74) is 17.0. The van der Waals surface area contributed by atoms with Crippen LogP contribution in [0.5, 0.6) is 0 Å². The van der Waals surface area contributed by atoms with Crippen LogP contribution in [0.15, 0.2) is 241 Å². The highest BCUT2D eigenvalue weighted by atomic mass is 16.3. The zero-order valence-corrected chi connectivity index (χ0v) is 32.9. The van der Waals surface area contributed by atoms with Gasteiger partial charge in [-0.15, -0.1) is 0 Å². The average molecular weight is 766 g/mol. The first-order valence-corrected chi connectivity index (χ1v) is 20.5. The molecule has 11 rings (SSSR count). The number of furan rings is 1. The van der Waals surface area contributed by atoms with Crippen molar-refractivity contribution >= 4 is 49.8 Å². The molecular formula is C58H39NO. The van der Waals surface area contributed by atoms with Crippen molar-refractivity contribution < 1.29 is 4.42 Å². The molecule has 0 amide bonds. The van der Waals surface area contributed by atoms with E-state index >= 15 is 0 Å². The topological polar surface area (TPSA) is 16.4 Å². The zero-order valence-electron chi connectivity index (χ0n) is 32.9. The van der Waals surface area contributed by atoms with Gasteiger partial charge in [-0.05, 0) is 121 Å². The molecule has 0 saturated heterocycles. The summed E-state index contributed by atoms with van der Waals surface area (Å²) in [5.74, 6) is 0. The maximum absolute atomic E-state index is 6.25. The van der Waals surface area contributed by atoms with Crippen LogP contribution in [0.2, 0.25) is 0 Å². The van der Waals surface area contributed by atoms with E-state index in [1.165, 1.54) is 60.8 Å². The van der Waals surface area contributed by atoms with Crippen LogP contribution in [-0.2, 0) is 0 Å². The molecule has 0 radical (unpaired) electrons. The summed E-state index contributed by atoms with van der Waals surface area (Å²) in [6.45, 7) is 0. The summed E-state index contributed by atoms with van der Waals surface area (Å²) < 4.78 is 6.25. The van der Waals surface area contributed by atoms with E-state index in [9.17, 15) is 0 Å². The molecule has 2 heteroatoms. The highest BCUT2D eigenvalue weighted by molar-refractivity contribution is 6.06. The first-order valence-electron chi connectivity index (χ1n) is 20.5. The Labute approximate surface area is 349 Å². The number of anilines is 3. The predicted octanol–water partition coefficient (Wildman–Crippen LogP) is 16.5. The lowest BCUT2D eigenvalue weighted by Crippen LogP contribution is -2.09. The molecule has 11 aromatic rings. The number of nitrogens with zero attached hydrogens (tertiary/aromatic N) is 1. The van der Waals surface area contributed by atoms with Gasteiger partial charge in [-0.2, -0.15) is 0 Å². The maximum Gasteiger partial charge on any atom is 0.135 e. The van der Waals surface area contributed by atoms with Gasteiger partial charge in [-0.3, -0.25) is 0 Å². The van der Waals surface area contributed by atoms with E-state index in [1.807, 2.05) is 12.1 Å². The van der Waals surface area contributed by atoms with Gasteiger partial charge in [0.1, 0.15) is 11.2 Å². The van der Waals surface area contributed by atoms with Gasteiger partial charge in [0, 0.05) is 27.8 Å². The third-order valence-corrected chi connectivity index (χ3v) is 11.7. The smallest absolute Gasteiger partial charge is 0.135 e. The van der Waals surface area contributed by atoms with Crippen molar-refractivity contribution in [1.29, 1.82) is 0 Å². The van der Waals surface area contributed by atoms with Gasteiger partial charge in [0.2, 0.25) is 0 Å². The van der Waals surface area contributed by atoms with Crippen LogP contribution < -0.4 is 4.90 Å². The van der Waals surface area contributed by atoms with Gasteiger partial charge in [-0.25, -0.2) is 0 Å². The Hall–Kier alpha value is -7.94. The Morgan fingerprint density at radius 3 is 1.35 bits per heavy atom. The van der Waals surface area contributed by atoms with E-state index < -0.39 is 0 Å². The molecule has 60 heavy (non-hydrogen) atoms. The number of fused-ring (bicyclic) bond motifs is 4. The highest BCUT2D eigenvalue weighted by Crippen LogP contribution is 2.43. The molecule has 282 valence electrons. The van der Waals surface area contributed by atoms with E-state index in [2.05, 4.69) is 229 Å². The van der Waals surface area contributed by atoms with Crippen LogP contribution >= 0.6 is 0 Å². The first-order chi connectivity index (χ1) is 29.7. The lowest BCUT2D eigenvalue weighted by atomic mass is 9.87. The summed E-state index contributed by atoms with van der Waals surface area (Å²) in [6, 6.07) is 84.9. The van der Waals surface area contributed by atoms with Crippen LogP contribution in [-0.4, -0.2) is 0 Å². The van der Waals surface area contributed by atoms with Crippen LogP contribution in [0.25, 0.3) is 88.3 Å². The molecular weight excluding hydrogens is 727 g/mol. The lowest BCUT2D eigenvalue weighted by Gasteiger charge is -2.26. The van der Waals surface area contributed by atoms with Crippen molar-refractivity contribution in [3.05, 3.63) is 237 Å². The second-order valence-corrected chi connectivity index (χ2v) is 15.3. The predicted molar refractivity (Wildman–Crippen MR) is 253 cm³/mol. The molecule has 2 nitrogen and oxygen atoms in total. The fraction of sp³-hybridized carbons (Fsp3) is 0. The number of hydrogen-bond acceptors (Lipinski definition) is 2. The van der Waals surface area contributed by atoms with Gasteiger partial charge in [-0.1, -0.05) is 182 Å². The molecule has 0 unspecified atom stereocenters. The third kappa shape index (κ3) is 6.41. The SMILES string of the molecule is c1ccc(-c2ccccc2-c2ccccc2-c2ccccc2-c2ccc(N(c3ccc(-c4ccc5ccccc5c4)cc3)c3ccc4oc5ccccc5c4c3)cc2)cc1. The standard InChI is InChI=1S/C58H39NO/c1-2-15-42(16-3-1)49-18-6-8-20-51(49)53-22-10-11-23-54(53)52-21-9-7-19-50(52)43-30-34-47(35-31-43)59(48-36-37-58-56(39-48)55-24-12-13-25-57(55)60-58)46-32-28-41(29-33-46)45-27-26-40-14-4-5-17-44(40)38-45/h1-39H. The Morgan fingerprint density at radius 2 is 0.700 bits per heavy atom. The normalized spacial score (nSPS) is 11.3. The Kier molecular flexibility index (Phi) is 8.87. The summed E-state index contributed by atoms with van der Waals surface area (Å²) in [6.07, 6.45) is 0. The number of rotatable bonds is 8. The van der Waals surface area contributed by atoms with E-state index in [0.29, 0.717) is 0 Å². The molecule has 0 atom stereocenters. The molecule has 1 heterocycles. The minimum atomic E-state index is 0.880. The largest absolute Gasteiger partial charge is 0.456 e. The second-order valence-electron chi connectivity index (χ2n) is 15.3. The van der Waals surface area contributed by atoms with Crippen molar-refractivity contribution in [2.24, 2.45) is 0 Å². The molecule has 0 spiro atoms. The number of para-hydroxylation sites is 1. The van der Waals surface area contributed by atoms with Gasteiger partial charge >= 0.3 is 0 Å².